The lowest BCUT2D eigenvalue weighted by molar-refractivity contribution is 0.262. The molecule has 2 rings (SSSR count). The van der Waals surface area contributed by atoms with Crippen LogP contribution in [0.25, 0.3) is 0 Å². The Kier molecular flexibility index (Phi) is 4.32. The van der Waals surface area contributed by atoms with Crippen molar-refractivity contribution < 1.29 is 9.90 Å². The Balaban J connectivity index is 1.95. The highest BCUT2D eigenvalue weighted by molar-refractivity contribution is 6.32. The molecular formula is C11H12ClN5O2. The maximum atomic E-state index is 11.7. The lowest BCUT2D eigenvalue weighted by Crippen LogP contribution is -2.19. The van der Waals surface area contributed by atoms with Gasteiger partial charge in [0, 0.05) is 12.4 Å². The number of hydrogen-bond donors (Lipinski definition) is 3. The predicted octanol–water partition coefficient (Wildman–Crippen LogP) is 1.57. The molecule has 0 radical (unpaired) electrons. The number of carbonyl (C=O) groups is 1. The lowest BCUT2D eigenvalue weighted by atomic mass is 10.4. The highest BCUT2D eigenvalue weighted by Crippen LogP contribution is 2.17. The number of urea groups is 1. The average Bonchev–Trinajstić information content (AvgIpc) is 2.80. The molecule has 3 N–H and O–H groups in total. The van der Waals surface area contributed by atoms with Crippen LogP contribution < -0.4 is 10.6 Å². The van der Waals surface area contributed by atoms with Crippen LogP contribution in [0.3, 0.4) is 0 Å². The van der Waals surface area contributed by atoms with Gasteiger partial charge in [-0.05, 0) is 12.1 Å². The first-order valence-corrected chi connectivity index (χ1v) is 5.88. The van der Waals surface area contributed by atoms with Crippen molar-refractivity contribution in [3.63, 3.8) is 0 Å². The van der Waals surface area contributed by atoms with Gasteiger partial charge in [-0.25, -0.2) is 9.78 Å². The Morgan fingerprint density at radius 2 is 2.32 bits per heavy atom. The molecule has 0 fully saturated rings. The van der Waals surface area contributed by atoms with Crippen molar-refractivity contribution in [3.8, 4) is 0 Å². The van der Waals surface area contributed by atoms with Gasteiger partial charge in [0.1, 0.15) is 0 Å². The molecule has 0 aliphatic heterocycles. The van der Waals surface area contributed by atoms with Gasteiger partial charge in [0.25, 0.3) is 0 Å². The molecule has 0 saturated heterocycles. The van der Waals surface area contributed by atoms with Gasteiger partial charge >= 0.3 is 6.03 Å². The zero-order valence-electron chi connectivity index (χ0n) is 9.88. The summed E-state index contributed by atoms with van der Waals surface area (Å²) in [7, 11) is 0. The van der Waals surface area contributed by atoms with E-state index in [0.29, 0.717) is 17.9 Å². The number of aromatic nitrogens is 3. The first kappa shape index (κ1) is 13.3. The number of anilines is 2. The summed E-state index contributed by atoms with van der Waals surface area (Å²) in [5.41, 5.74) is 0.940. The Morgan fingerprint density at radius 1 is 1.47 bits per heavy atom. The summed E-state index contributed by atoms with van der Waals surface area (Å²) in [6.45, 7) is 0.357. The molecule has 100 valence electrons. The fraction of sp³-hybridized carbons (Fsp3) is 0.182. The number of pyridine rings is 1. The van der Waals surface area contributed by atoms with Crippen LogP contribution in [0.5, 0.6) is 0 Å². The number of nitrogens with one attached hydrogen (secondary N) is 2. The second kappa shape index (κ2) is 6.17. The highest BCUT2D eigenvalue weighted by atomic mass is 35.5. The molecule has 2 amide bonds. The van der Waals surface area contributed by atoms with Gasteiger partial charge in [-0.2, -0.15) is 5.10 Å². The van der Waals surface area contributed by atoms with E-state index in [4.69, 9.17) is 16.7 Å². The van der Waals surface area contributed by atoms with Gasteiger partial charge in [0.05, 0.1) is 30.7 Å². The van der Waals surface area contributed by atoms with Crippen LogP contribution >= 0.6 is 11.6 Å². The van der Waals surface area contributed by atoms with Crippen LogP contribution in [0.15, 0.2) is 30.7 Å². The van der Waals surface area contributed by atoms with Gasteiger partial charge in [-0.15, -0.1) is 0 Å². The third-order valence-electron chi connectivity index (χ3n) is 2.23. The fourth-order valence-corrected chi connectivity index (χ4v) is 1.58. The third-order valence-corrected chi connectivity index (χ3v) is 2.53. The molecule has 19 heavy (non-hydrogen) atoms. The molecular weight excluding hydrogens is 270 g/mol. The van der Waals surface area contributed by atoms with Crippen molar-refractivity contribution >= 4 is 29.0 Å². The van der Waals surface area contributed by atoms with E-state index in [1.807, 2.05) is 0 Å². The minimum absolute atomic E-state index is 0.0153. The van der Waals surface area contributed by atoms with Crippen molar-refractivity contribution in [2.75, 3.05) is 17.2 Å². The van der Waals surface area contributed by atoms with Crippen LogP contribution in [0.1, 0.15) is 0 Å². The molecule has 0 atom stereocenters. The Labute approximate surface area is 114 Å². The summed E-state index contributed by atoms with van der Waals surface area (Å²) in [6.07, 6.45) is 4.63. The number of aliphatic hydroxyl groups is 1. The molecule has 0 aliphatic carbocycles. The van der Waals surface area contributed by atoms with E-state index < -0.39 is 6.03 Å². The number of nitrogens with zero attached hydrogens (tertiary/aromatic N) is 3. The number of hydrogen-bond acceptors (Lipinski definition) is 4. The van der Waals surface area contributed by atoms with E-state index in [2.05, 4.69) is 20.7 Å². The van der Waals surface area contributed by atoms with Crippen molar-refractivity contribution in [1.29, 1.82) is 0 Å². The molecule has 0 bridgehead atoms. The second-order valence-electron chi connectivity index (χ2n) is 3.64. The number of halogens is 1. The van der Waals surface area contributed by atoms with E-state index in [1.54, 1.807) is 18.3 Å². The van der Waals surface area contributed by atoms with Crippen LogP contribution in [0.4, 0.5) is 16.2 Å². The first-order valence-electron chi connectivity index (χ1n) is 5.51. The zero-order chi connectivity index (χ0) is 13.7. The SMILES string of the molecule is O=C(Nc1cnn(CCO)c1)Nc1cccnc1Cl. The predicted molar refractivity (Wildman–Crippen MR) is 71.2 cm³/mol. The third kappa shape index (κ3) is 3.67. The zero-order valence-corrected chi connectivity index (χ0v) is 10.6. The minimum atomic E-state index is -0.446. The van der Waals surface area contributed by atoms with E-state index in [1.165, 1.54) is 17.1 Å². The summed E-state index contributed by atoms with van der Waals surface area (Å²) < 4.78 is 1.52. The molecule has 0 unspecified atom stereocenters. The summed E-state index contributed by atoms with van der Waals surface area (Å²) >= 11 is 5.82. The molecule has 0 aliphatic rings. The average molecular weight is 282 g/mol. The van der Waals surface area contributed by atoms with Gasteiger partial charge in [0.2, 0.25) is 0 Å². The van der Waals surface area contributed by atoms with Crippen molar-refractivity contribution in [2.45, 2.75) is 6.54 Å². The quantitative estimate of drug-likeness (QED) is 0.742. The highest BCUT2D eigenvalue weighted by Gasteiger charge is 2.07. The molecule has 0 aromatic carbocycles. The largest absolute Gasteiger partial charge is 0.394 e. The second-order valence-corrected chi connectivity index (χ2v) is 3.99. The van der Waals surface area contributed by atoms with Gasteiger partial charge in [-0.3, -0.25) is 4.68 Å². The minimum Gasteiger partial charge on any atom is -0.394 e. The molecule has 2 aromatic rings. The number of rotatable bonds is 4. The van der Waals surface area contributed by atoms with Crippen molar-refractivity contribution in [3.05, 3.63) is 35.9 Å². The smallest absolute Gasteiger partial charge is 0.323 e. The van der Waals surface area contributed by atoms with Crippen molar-refractivity contribution in [1.82, 2.24) is 14.8 Å². The van der Waals surface area contributed by atoms with Crippen LogP contribution in [-0.4, -0.2) is 32.5 Å². The monoisotopic (exact) mass is 281 g/mol. The molecule has 2 aromatic heterocycles. The molecule has 8 heteroatoms. The van der Waals surface area contributed by atoms with E-state index in [-0.39, 0.29) is 11.8 Å². The van der Waals surface area contributed by atoms with E-state index in [0.717, 1.165) is 0 Å². The molecule has 0 saturated carbocycles. The summed E-state index contributed by atoms with van der Waals surface area (Å²) in [4.78, 5) is 15.6. The van der Waals surface area contributed by atoms with Gasteiger partial charge in [0.15, 0.2) is 5.15 Å². The molecule has 2 heterocycles. The topological polar surface area (TPSA) is 92.1 Å². The summed E-state index contributed by atoms with van der Waals surface area (Å²) in [5, 5.41) is 18.1. The number of carbonyl (C=O) groups excluding carboxylic acids is 1. The van der Waals surface area contributed by atoms with Crippen LogP contribution in [0.2, 0.25) is 5.15 Å². The van der Waals surface area contributed by atoms with Crippen LogP contribution in [-0.2, 0) is 6.54 Å². The van der Waals surface area contributed by atoms with E-state index in [9.17, 15) is 4.79 Å². The standard InChI is InChI=1S/C11H12ClN5O2/c12-10-9(2-1-3-13-10)16-11(19)15-8-6-14-17(7-8)4-5-18/h1-3,6-7,18H,4-5H2,(H2,15,16,19). The Hall–Kier alpha value is -2.12. The van der Waals surface area contributed by atoms with Gasteiger partial charge < -0.3 is 15.7 Å². The van der Waals surface area contributed by atoms with E-state index >= 15 is 0 Å². The number of amides is 2. The molecule has 7 nitrogen and oxygen atoms in total. The normalized spacial score (nSPS) is 10.2. The summed E-state index contributed by atoms with van der Waals surface area (Å²) in [6, 6.07) is 2.86. The van der Waals surface area contributed by atoms with Crippen molar-refractivity contribution in [2.24, 2.45) is 0 Å². The first-order chi connectivity index (χ1) is 9.19. The fourth-order valence-electron chi connectivity index (χ4n) is 1.42. The van der Waals surface area contributed by atoms with Gasteiger partial charge in [-0.1, -0.05) is 11.6 Å². The van der Waals surface area contributed by atoms with Crippen LogP contribution in [0, 0.1) is 0 Å². The Morgan fingerprint density at radius 3 is 3.05 bits per heavy atom. The number of aliphatic hydroxyl groups excluding tert-OH is 1. The Bertz CT molecular complexity index is 572. The maximum absolute atomic E-state index is 11.7. The lowest BCUT2D eigenvalue weighted by Gasteiger charge is -2.06. The molecule has 0 spiro atoms. The maximum Gasteiger partial charge on any atom is 0.323 e. The summed E-state index contributed by atoms with van der Waals surface area (Å²) in [5.74, 6) is 0.